The molecule has 0 unspecified atom stereocenters. The highest BCUT2D eigenvalue weighted by Crippen LogP contribution is 2.19. The van der Waals surface area contributed by atoms with E-state index < -0.39 is 0 Å². The second kappa shape index (κ2) is 7.19. The van der Waals surface area contributed by atoms with Crippen LogP contribution in [-0.2, 0) is 0 Å². The molecule has 0 fully saturated rings. The van der Waals surface area contributed by atoms with E-state index >= 15 is 0 Å². The molecule has 0 aromatic carbocycles. The molecular formula is C12H14ClN5O2S. The second-order valence-electron chi connectivity index (χ2n) is 4.19. The van der Waals surface area contributed by atoms with E-state index in [-0.39, 0.29) is 18.0 Å². The van der Waals surface area contributed by atoms with Gasteiger partial charge in [0.15, 0.2) is 5.82 Å². The van der Waals surface area contributed by atoms with E-state index in [1.54, 1.807) is 12.3 Å². The van der Waals surface area contributed by atoms with Gasteiger partial charge in [0, 0.05) is 18.8 Å². The molecule has 2 N–H and O–H groups in total. The van der Waals surface area contributed by atoms with Crippen LogP contribution in [0.3, 0.4) is 0 Å². The minimum Gasteiger partial charge on any atom is -0.467 e. The number of hydrogen-bond acceptors (Lipinski definition) is 7. The Labute approximate surface area is 130 Å². The SMILES string of the molecule is COc1ncc(Cl)c(NC[C@H](C)NC(=O)c2ccns2)n1. The van der Waals surface area contributed by atoms with Gasteiger partial charge in [-0.1, -0.05) is 11.6 Å². The van der Waals surface area contributed by atoms with Crippen LogP contribution >= 0.6 is 23.1 Å². The molecule has 0 saturated heterocycles. The van der Waals surface area contributed by atoms with Gasteiger partial charge in [-0.25, -0.2) is 9.36 Å². The van der Waals surface area contributed by atoms with Gasteiger partial charge in [-0.3, -0.25) is 4.79 Å². The topological polar surface area (TPSA) is 89.0 Å². The zero-order valence-electron chi connectivity index (χ0n) is 11.5. The van der Waals surface area contributed by atoms with Crippen LogP contribution in [0, 0.1) is 0 Å². The zero-order chi connectivity index (χ0) is 15.2. The summed E-state index contributed by atoms with van der Waals surface area (Å²) in [5, 5.41) is 6.29. The summed E-state index contributed by atoms with van der Waals surface area (Å²) in [5.74, 6) is 0.306. The average Bonchev–Trinajstić information content (AvgIpc) is 3.00. The average molecular weight is 328 g/mol. The van der Waals surface area contributed by atoms with Gasteiger partial charge in [0.1, 0.15) is 9.90 Å². The first-order chi connectivity index (χ1) is 10.1. The van der Waals surface area contributed by atoms with Crippen LogP contribution in [0.25, 0.3) is 0 Å². The Morgan fingerprint density at radius 2 is 2.38 bits per heavy atom. The number of nitrogens with zero attached hydrogens (tertiary/aromatic N) is 3. The first kappa shape index (κ1) is 15.5. The number of methoxy groups -OCH3 is 1. The maximum atomic E-state index is 11.9. The van der Waals surface area contributed by atoms with Gasteiger partial charge in [-0.05, 0) is 24.5 Å². The van der Waals surface area contributed by atoms with Gasteiger partial charge < -0.3 is 15.4 Å². The molecule has 112 valence electrons. The van der Waals surface area contributed by atoms with Gasteiger partial charge >= 0.3 is 6.01 Å². The lowest BCUT2D eigenvalue weighted by Crippen LogP contribution is -2.37. The lowest BCUT2D eigenvalue weighted by molar-refractivity contribution is 0.0946. The fourth-order valence-electron chi connectivity index (χ4n) is 1.50. The lowest BCUT2D eigenvalue weighted by atomic mass is 10.3. The number of amides is 1. The van der Waals surface area contributed by atoms with Crippen LogP contribution in [0.15, 0.2) is 18.5 Å². The van der Waals surface area contributed by atoms with E-state index in [0.717, 1.165) is 11.5 Å². The fraction of sp³-hybridized carbons (Fsp3) is 0.333. The predicted octanol–water partition coefficient (Wildman–Crippen LogP) is 1.83. The van der Waals surface area contributed by atoms with E-state index in [1.165, 1.54) is 13.3 Å². The number of nitrogens with one attached hydrogen (secondary N) is 2. The Balaban J connectivity index is 1.89. The van der Waals surface area contributed by atoms with Gasteiger partial charge in [0.05, 0.1) is 13.3 Å². The molecule has 0 aliphatic rings. The highest BCUT2D eigenvalue weighted by Gasteiger charge is 2.12. The number of aromatic nitrogens is 3. The fourth-order valence-corrected chi connectivity index (χ4v) is 2.16. The summed E-state index contributed by atoms with van der Waals surface area (Å²) in [4.78, 5) is 20.4. The maximum Gasteiger partial charge on any atom is 0.318 e. The van der Waals surface area contributed by atoms with Crippen molar-refractivity contribution in [2.24, 2.45) is 0 Å². The third kappa shape index (κ3) is 4.27. The van der Waals surface area contributed by atoms with Crippen LogP contribution < -0.4 is 15.4 Å². The van der Waals surface area contributed by atoms with Gasteiger partial charge in [-0.2, -0.15) is 4.98 Å². The van der Waals surface area contributed by atoms with Gasteiger partial charge in [-0.15, -0.1) is 0 Å². The molecule has 9 heteroatoms. The quantitative estimate of drug-likeness (QED) is 0.841. The molecule has 2 heterocycles. The summed E-state index contributed by atoms with van der Waals surface area (Å²) in [5.41, 5.74) is 0. The normalized spacial score (nSPS) is 11.8. The third-order valence-corrected chi connectivity index (χ3v) is 3.54. The van der Waals surface area contributed by atoms with Crippen LogP contribution in [-0.4, -0.2) is 39.9 Å². The van der Waals surface area contributed by atoms with Gasteiger partial charge in [0.2, 0.25) is 0 Å². The lowest BCUT2D eigenvalue weighted by Gasteiger charge is -2.15. The summed E-state index contributed by atoms with van der Waals surface area (Å²) in [6.45, 7) is 2.34. The Bertz CT molecular complexity index is 608. The summed E-state index contributed by atoms with van der Waals surface area (Å²) in [6.07, 6.45) is 3.05. The van der Waals surface area contributed by atoms with Crippen molar-refractivity contribution in [3.05, 3.63) is 28.4 Å². The number of carbonyl (C=O) groups is 1. The molecule has 0 radical (unpaired) electrons. The van der Waals surface area contributed by atoms with Crippen LogP contribution in [0.5, 0.6) is 6.01 Å². The van der Waals surface area contributed by atoms with Crippen LogP contribution in [0.4, 0.5) is 5.82 Å². The molecule has 2 aromatic heterocycles. The van der Waals surface area contributed by atoms with Crippen molar-refractivity contribution >= 4 is 34.9 Å². The molecule has 0 spiro atoms. The third-order valence-electron chi connectivity index (χ3n) is 2.52. The van der Waals surface area contributed by atoms with E-state index in [9.17, 15) is 4.79 Å². The van der Waals surface area contributed by atoms with Crippen molar-refractivity contribution in [2.45, 2.75) is 13.0 Å². The molecule has 21 heavy (non-hydrogen) atoms. The van der Waals surface area contributed by atoms with Crippen LogP contribution in [0.2, 0.25) is 5.02 Å². The Morgan fingerprint density at radius 1 is 1.57 bits per heavy atom. The number of carbonyl (C=O) groups excluding carboxylic acids is 1. The number of rotatable bonds is 6. The molecule has 0 aliphatic heterocycles. The van der Waals surface area contributed by atoms with E-state index in [0.29, 0.717) is 22.3 Å². The van der Waals surface area contributed by atoms with Crippen molar-refractivity contribution in [2.75, 3.05) is 19.0 Å². The van der Waals surface area contributed by atoms with Crippen molar-refractivity contribution < 1.29 is 9.53 Å². The Morgan fingerprint density at radius 3 is 3.05 bits per heavy atom. The Kier molecular flexibility index (Phi) is 5.29. The summed E-state index contributed by atoms with van der Waals surface area (Å²) >= 11 is 7.14. The Hall–Kier alpha value is -1.93. The summed E-state index contributed by atoms with van der Waals surface area (Å²) in [6, 6.07) is 1.78. The monoisotopic (exact) mass is 327 g/mol. The van der Waals surface area contributed by atoms with Crippen molar-refractivity contribution in [3.63, 3.8) is 0 Å². The molecule has 1 amide bonds. The molecule has 2 rings (SSSR count). The van der Waals surface area contributed by atoms with Gasteiger partial charge in [0.25, 0.3) is 5.91 Å². The second-order valence-corrected chi connectivity index (χ2v) is 5.43. The van der Waals surface area contributed by atoms with Crippen LogP contribution in [0.1, 0.15) is 16.6 Å². The molecule has 0 saturated carbocycles. The molecule has 2 aromatic rings. The summed E-state index contributed by atoms with van der Waals surface area (Å²) in [7, 11) is 1.48. The first-order valence-electron chi connectivity index (χ1n) is 6.12. The van der Waals surface area contributed by atoms with Crippen molar-refractivity contribution in [1.82, 2.24) is 19.7 Å². The van der Waals surface area contributed by atoms with Crippen molar-refractivity contribution in [3.8, 4) is 6.01 Å². The van der Waals surface area contributed by atoms with E-state index in [2.05, 4.69) is 25.0 Å². The zero-order valence-corrected chi connectivity index (χ0v) is 13.0. The van der Waals surface area contributed by atoms with E-state index in [1.807, 2.05) is 6.92 Å². The number of anilines is 1. The first-order valence-corrected chi connectivity index (χ1v) is 7.27. The highest BCUT2D eigenvalue weighted by molar-refractivity contribution is 7.08. The number of ether oxygens (including phenoxy) is 1. The summed E-state index contributed by atoms with van der Waals surface area (Å²) < 4.78 is 8.83. The minimum absolute atomic E-state index is 0.114. The molecule has 7 nitrogen and oxygen atoms in total. The van der Waals surface area contributed by atoms with Crippen molar-refractivity contribution in [1.29, 1.82) is 0 Å². The molecule has 0 bridgehead atoms. The highest BCUT2D eigenvalue weighted by atomic mass is 35.5. The number of hydrogen-bond donors (Lipinski definition) is 2. The largest absolute Gasteiger partial charge is 0.467 e. The molecule has 0 aliphatic carbocycles. The minimum atomic E-state index is -0.154. The molecule has 1 atom stereocenters. The molecular weight excluding hydrogens is 314 g/mol. The smallest absolute Gasteiger partial charge is 0.318 e. The maximum absolute atomic E-state index is 11.9. The number of halogens is 1. The standard InChI is InChI=1S/C12H14ClN5O2S/c1-7(17-11(19)9-3-4-16-21-9)5-14-10-8(13)6-15-12(18-10)20-2/h3-4,6-7H,5H2,1-2H3,(H,17,19)(H,14,15,18)/t7-/m0/s1. The predicted molar refractivity (Wildman–Crippen MR) is 81.1 cm³/mol. The van der Waals surface area contributed by atoms with E-state index in [4.69, 9.17) is 16.3 Å².